The highest BCUT2D eigenvalue weighted by molar-refractivity contribution is 9.10. The quantitative estimate of drug-likeness (QED) is 0.688. The molecular weight excluding hydrogens is 450 g/mol. The van der Waals surface area contributed by atoms with Crippen LogP contribution in [0.4, 0.5) is 4.79 Å². The number of piperidine rings is 1. The number of nitrogens with one attached hydrogen (secondary N) is 1. The Kier molecular flexibility index (Phi) is 6.97. The topological polar surface area (TPSA) is 80.8 Å². The SMILES string of the molecule is CC(C)(C)OC(=O)NC1CCN(C(=O)c2cccnc2Oc2ccc(Br)cc2)CC1. The Bertz CT molecular complexity index is 888. The van der Waals surface area contributed by atoms with Crippen LogP contribution >= 0.6 is 15.9 Å². The molecule has 1 saturated heterocycles. The van der Waals surface area contributed by atoms with Gasteiger partial charge in [-0.1, -0.05) is 15.9 Å². The van der Waals surface area contributed by atoms with Crippen molar-refractivity contribution in [3.63, 3.8) is 0 Å². The second-order valence-corrected chi connectivity index (χ2v) is 9.04. The van der Waals surface area contributed by atoms with Crippen LogP contribution in [0.1, 0.15) is 44.0 Å². The van der Waals surface area contributed by atoms with Crippen LogP contribution < -0.4 is 10.1 Å². The Hall–Kier alpha value is -2.61. The molecule has 1 aromatic heterocycles. The van der Waals surface area contributed by atoms with Crippen LogP contribution in [0.2, 0.25) is 0 Å². The number of hydrogen-bond donors (Lipinski definition) is 1. The minimum Gasteiger partial charge on any atom is -0.444 e. The lowest BCUT2D eigenvalue weighted by Gasteiger charge is -2.33. The molecule has 0 spiro atoms. The molecule has 1 aromatic carbocycles. The van der Waals surface area contributed by atoms with Gasteiger partial charge < -0.3 is 19.7 Å². The maximum atomic E-state index is 13.1. The molecule has 3 rings (SSSR count). The van der Waals surface area contributed by atoms with Crippen LogP contribution in [-0.2, 0) is 4.74 Å². The van der Waals surface area contributed by atoms with Gasteiger partial charge in [-0.3, -0.25) is 4.79 Å². The van der Waals surface area contributed by atoms with E-state index in [-0.39, 0.29) is 17.8 Å². The molecule has 0 atom stereocenters. The zero-order chi connectivity index (χ0) is 21.7. The molecule has 7 nitrogen and oxygen atoms in total. The van der Waals surface area contributed by atoms with Gasteiger partial charge in [-0.2, -0.15) is 0 Å². The number of benzene rings is 1. The van der Waals surface area contributed by atoms with Crippen molar-refractivity contribution in [3.05, 3.63) is 52.6 Å². The number of alkyl carbamates (subject to hydrolysis) is 1. The Morgan fingerprint density at radius 2 is 1.80 bits per heavy atom. The van der Waals surface area contributed by atoms with E-state index in [0.29, 0.717) is 37.2 Å². The minimum atomic E-state index is -0.535. The maximum absolute atomic E-state index is 13.1. The van der Waals surface area contributed by atoms with Crippen LogP contribution in [-0.4, -0.2) is 46.6 Å². The molecule has 1 N–H and O–H groups in total. The first-order chi connectivity index (χ1) is 14.2. The average Bonchev–Trinajstić information content (AvgIpc) is 2.69. The summed E-state index contributed by atoms with van der Waals surface area (Å²) in [6, 6.07) is 10.8. The fraction of sp³-hybridized carbons (Fsp3) is 0.409. The summed E-state index contributed by atoms with van der Waals surface area (Å²) < 4.78 is 12.1. The first-order valence-electron chi connectivity index (χ1n) is 9.88. The molecule has 0 bridgehead atoms. The summed E-state index contributed by atoms with van der Waals surface area (Å²) in [4.78, 5) is 31.0. The molecule has 0 saturated carbocycles. The van der Waals surface area contributed by atoms with Gasteiger partial charge in [0.2, 0.25) is 5.88 Å². The molecule has 0 unspecified atom stereocenters. The second kappa shape index (κ2) is 9.47. The van der Waals surface area contributed by atoms with E-state index in [1.165, 1.54) is 0 Å². The number of ether oxygens (including phenoxy) is 2. The molecule has 8 heteroatoms. The van der Waals surface area contributed by atoms with E-state index in [1.807, 2.05) is 32.9 Å². The number of likely N-dealkylation sites (tertiary alicyclic amines) is 1. The van der Waals surface area contributed by atoms with Gasteiger partial charge in [0.05, 0.1) is 0 Å². The number of hydrogen-bond acceptors (Lipinski definition) is 5. The third kappa shape index (κ3) is 6.19. The lowest BCUT2D eigenvalue weighted by atomic mass is 10.0. The van der Waals surface area contributed by atoms with Gasteiger partial charge in [-0.05, 0) is 70.0 Å². The minimum absolute atomic E-state index is 0.0173. The molecule has 1 fully saturated rings. The predicted molar refractivity (Wildman–Crippen MR) is 117 cm³/mol. The molecule has 2 heterocycles. The molecule has 160 valence electrons. The molecule has 0 radical (unpaired) electrons. The Labute approximate surface area is 184 Å². The highest BCUT2D eigenvalue weighted by atomic mass is 79.9. The number of pyridine rings is 1. The van der Waals surface area contributed by atoms with E-state index >= 15 is 0 Å². The van der Waals surface area contributed by atoms with Crippen LogP contribution in [0.5, 0.6) is 11.6 Å². The van der Waals surface area contributed by atoms with E-state index in [0.717, 1.165) is 4.47 Å². The van der Waals surface area contributed by atoms with Crippen molar-refractivity contribution in [1.82, 2.24) is 15.2 Å². The number of carbonyl (C=O) groups excluding carboxylic acids is 2. The monoisotopic (exact) mass is 475 g/mol. The summed E-state index contributed by atoms with van der Waals surface area (Å²) in [5.41, 5.74) is -0.120. The van der Waals surface area contributed by atoms with E-state index in [1.54, 1.807) is 35.4 Å². The second-order valence-electron chi connectivity index (χ2n) is 8.12. The van der Waals surface area contributed by atoms with Gasteiger partial charge in [0.15, 0.2) is 0 Å². The van der Waals surface area contributed by atoms with E-state index in [2.05, 4.69) is 26.2 Å². The number of aromatic nitrogens is 1. The van der Waals surface area contributed by atoms with Crippen LogP contribution in [0.3, 0.4) is 0 Å². The Morgan fingerprint density at radius 3 is 2.43 bits per heavy atom. The summed E-state index contributed by atoms with van der Waals surface area (Å²) in [5, 5.41) is 2.88. The molecule has 1 aliphatic heterocycles. The number of halogens is 1. The third-order valence-electron chi connectivity index (χ3n) is 4.53. The Balaban J connectivity index is 1.60. The van der Waals surface area contributed by atoms with Crippen molar-refractivity contribution in [3.8, 4) is 11.6 Å². The lowest BCUT2D eigenvalue weighted by Crippen LogP contribution is -2.47. The maximum Gasteiger partial charge on any atom is 0.407 e. The van der Waals surface area contributed by atoms with E-state index in [4.69, 9.17) is 9.47 Å². The fourth-order valence-electron chi connectivity index (χ4n) is 3.12. The third-order valence-corrected chi connectivity index (χ3v) is 5.06. The summed E-state index contributed by atoms with van der Waals surface area (Å²) in [7, 11) is 0. The van der Waals surface area contributed by atoms with Crippen molar-refractivity contribution >= 4 is 27.9 Å². The van der Waals surface area contributed by atoms with Crippen molar-refractivity contribution in [2.45, 2.75) is 45.3 Å². The zero-order valence-electron chi connectivity index (χ0n) is 17.4. The summed E-state index contributed by atoms with van der Waals surface area (Å²) in [6.07, 6.45) is 2.49. The average molecular weight is 476 g/mol. The zero-order valence-corrected chi connectivity index (χ0v) is 18.9. The Morgan fingerprint density at radius 1 is 1.13 bits per heavy atom. The van der Waals surface area contributed by atoms with Crippen LogP contribution in [0.15, 0.2) is 47.1 Å². The first kappa shape index (κ1) is 22.1. The molecule has 2 amide bonds. The molecular formula is C22H26BrN3O4. The van der Waals surface area contributed by atoms with Gasteiger partial charge in [0.1, 0.15) is 16.9 Å². The van der Waals surface area contributed by atoms with Gasteiger partial charge in [-0.15, -0.1) is 0 Å². The molecule has 30 heavy (non-hydrogen) atoms. The number of carbonyl (C=O) groups is 2. The van der Waals surface area contributed by atoms with Gasteiger partial charge in [0, 0.05) is 29.8 Å². The highest BCUT2D eigenvalue weighted by Crippen LogP contribution is 2.26. The van der Waals surface area contributed by atoms with E-state index in [9.17, 15) is 9.59 Å². The predicted octanol–water partition coefficient (Wildman–Crippen LogP) is 4.77. The van der Waals surface area contributed by atoms with Crippen molar-refractivity contribution in [2.24, 2.45) is 0 Å². The molecule has 0 aliphatic carbocycles. The summed E-state index contributed by atoms with van der Waals surface area (Å²) >= 11 is 3.39. The summed E-state index contributed by atoms with van der Waals surface area (Å²) in [5.74, 6) is 0.746. The van der Waals surface area contributed by atoms with Crippen molar-refractivity contribution in [2.75, 3.05) is 13.1 Å². The largest absolute Gasteiger partial charge is 0.444 e. The summed E-state index contributed by atoms with van der Waals surface area (Å²) in [6.45, 7) is 6.55. The first-order valence-corrected chi connectivity index (χ1v) is 10.7. The van der Waals surface area contributed by atoms with Crippen LogP contribution in [0, 0.1) is 0 Å². The fourth-order valence-corrected chi connectivity index (χ4v) is 3.38. The molecule has 2 aromatic rings. The number of nitrogens with zero attached hydrogens (tertiary/aromatic N) is 2. The van der Waals surface area contributed by atoms with Gasteiger partial charge in [-0.25, -0.2) is 9.78 Å². The highest BCUT2D eigenvalue weighted by Gasteiger charge is 2.28. The standard InChI is InChI=1S/C22H26BrN3O4/c1-22(2,3)30-21(28)25-16-10-13-26(14-11-16)20(27)18-5-4-12-24-19(18)29-17-8-6-15(23)7-9-17/h4-9,12,16H,10-11,13-14H2,1-3H3,(H,25,28). The van der Waals surface area contributed by atoms with E-state index < -0.39 is 11.7 Å². The van der Waals surface area contributed by atoms with Gasteiger partial charge in [0.25, 0.3) is 5.91 Å². The van der Waals surface area contributed by atoms with Crippen molar-refractivity contribution < 1.29 is 19.1 Å². The number of rotatable bonds is 4. The normalized spacial score (nSPS) is 14.9. The lowest BCUT2D eigenvalue weighted by molar-refractivity contribution is 0.0473. The number of amides is 2. The van der Waals surface area contributed by atoms with Crippen LogP contribution in [0.25, 0.3) is 0 Å². The van der Waals surface area contributed by atoms with Gasteiger partial charge >= 0.3 is 6.09 Å². The molecule has 1 aliphatic rings. The van der Waals surface area contributed by atoms with Crippen molar-refractivity contribution in [1.29, 1.82) is 0 Å². The smallest absolute Gasteiger partial charge is 0.407 e.